The van der Waals surface area contributed by atoms with Crippen LogP contribution in [0.25, 0.3) is 6.08 Å². The largest absolute Gasteiger partial charge is 0.478 e. The summed E-state index contributed by atoms with van der Waals surface area (Å²) in [6.45, 7) is 0. The van der Waals surface area contributed by atoms with E-state index < -0.39 is 5.97 Å². The highest BCUT2D eigenvalue weighted by Gasteiger charge is 2.11. The van der Waals surface area contributed by atoms with Gasteiger partial charge in [0.2, 0.25) is 0 Å². The fraction of sp³-hybridized carbons (Fsp3) is 0.235. The number of benzene rings is 1. The molecule has 1 aliphatic rings. The highest BCUT2D eigenvalue weighted by molar-refractivity contribution is 7.98. The molecule has 0 saturated carbocycles. The number of rotatable bonds is 5. The minimum atomic E-state index is -0.904. The average molecular weight is 316 g/mol. The molecule has 1 N–H and O–H groups in total. The van der Waals surface area contributed by atoms with E-state index in [0.29, 0.717) is 0 Å². The molecule has 1 aliphatic carbocycles. The summed E-state index contributed by atoms with van der Waals surface area (Å²) < 4.78 is 0. The predicted octanol–water partition coefficient (Wildman–Crippen LogP) is 4.63. The van der Waals surface area contributed by atoms with Gasteiger partial charge in [0.1, 0.15) is 0 Å². The van der Waals surface area contributed by atoms with Gasteiger partial charge in [-0.1, -0.05) is 6.07 Å². The van der Waals surface area contributed by atoms with Crippen molar-refractivity contribution in [3.8, 4) is 0 Å². The summed E-state index contributed by atoms with van der Waals surface area (Å²) in [5.41, 5.74) is 4.01. The van der Waals surface area contributed by atoms with Gasteiger partial charge in [-0.2, -0.15) is 0 Å². The maximum Gasteiger partial charge on any atom is 0.328 e. The van der Waals surface area contributed by atoms with Crippen molar-refractivity contribution < 1.29 is 9.90 Å². The molecular formula is C17H16O2S2. The molecule has 108 valence electrons. The van der Waals surface area contributed by atoms with E-state index in [1.807, 2.05) is 23.2 Å². The van der Waals surface area contributed by atoms with E-state index in [0.717, 1.165) is 11.3 Å². The molecule has 0 saturated heterocycles. The van der Waals surface area contributed by atoms with Crippen molar-refractivity contribution in [2.45, 2.75) is 29.9 Å². The lowest BCUT2D eigenvalue weighted by molar-refractivity contribution is -0.131. The van der Waals surface area contributed by atoms with Gasteiger partial charge in [0.05, 0.1) is 0 Å². The molecule has 0 bridgehead atoms. The maximum absolute atomic E-state index is 10.6. The lowest BCUT2D eigenvalue weighted by Crippen LogP contribution is -1.87. The molecule has 0 fully saturated rings. The van der Waals surface area contributed by atoms with E-state index in [2.05, 4.69) is 18.2 Å². The van der Waals surface area contributed by atoms with E-state index in [4.69, 9.17) is 5.11 Å². The number of carboxylic acid groups (broad SMARTS) is 1. The van der Waals surface area contributed by atoms with Crippen LogP contribution in [0.3, 0.4) is 0 Å². The molecular weight excluding hydrogens is 300 g/mol. The zero-order valence-electron chi connectivity index (χ0n) is 11.5. The molecule has 1 heterocycles. The minimum Gasteiger partial charge on any atom is -0.478 e. The van der Waals surface area contributed by atoms with Gasteiger partial charge in [0.25, 0.3) is 0 Å². The monoisotopic (exact) mass is 316 g/mol. The van der Waals surface area contributed by atoms with E-state index >= 15 is 0 Å². The molecule has 0 atom stereocenters. The lowest BCUT2D eigenvalue weighted by Gasteiger charge is -2.05. The molecule has 4 heteroatoms. The molecule has 2 aromatic rings. The third-order valence-corrected chi connectivity index (χ3v) is 5.76. The molecule has 0 amide bonds. The van der Waals surface area contributed by atoms with Crippen LogP contribution >= 0.6 is 23.1 Å². The van der Waals surface area contributed by atoms with Gasteiger partial charge in [-0.3, -0.25) is 0 Å². The number of aliphatic carboxylic acids is 1. The van der Waals surface area contributed by atoms with Gasteiger partial charge in [-0.25, -0.2) is 4.79 Å². The van der Waals surface area contributed by atoms with E-state index in [1.165, 1.54) is 46.2 Å². The molecule has 0 spiro atoms. The highest BCUT2D eigenvalue weighted by Crippen LogP contribution is 2.31. The standard InChI is InChI=1S/C17H16O2S2/c18-17(19)7-5-13-8-9-20-16(13)11-21-15-6-4-12-2-1-3-14(12)10-15/h4-10H,1-3,11H2,(H,18,19). The summed E-state index contributed by atoms with van der Waals surface area (Å²) in [4.78, 5) is 13.1. The first-order valence-corrected chi connectivity index (χ1v) is 8.81. The Morgan fingerprint density at radius 2 is 2.14 bits per heavy atom. The van der Waals surface area contributed by atoms with Crippen LogP contribution in [0.4, 0.5) is 0 Å². The smallest absolute Gasteiger partial charge is 0.328 e. The van der Waals surface area contributed by atoms with Crippen molar-refractivity contribution >= 4 is 35.1 Å². The lowest BCUT2D eigenvalue weighted by atomic mass is 10.1. The third-order valence-electron chi connectivity index (χ3n) is 3.63. The van der Waals surface area contributed by atoms with Crippen molar-refractivity contribution in [1.82, 2.24) is 0 Å². The number of hydrogen-bond acceptors (Lipinski definition) is 3. The van der Waals surface area contributed by atoms with Gasteiger partial charge in [-0.15, -0.1) is 23.1 Å². The number of carboxylic acids is 1. The number of fused-ring (bicyclic) bond motifs is 1. The second-order valence-electron chi connectivity index (χ2n) is 5.04. The SMILES string of the molecule is O=C(O)C=Cc1ccsc1CSc1ccc2c(c1)CCC2. The average Bonchev–Trinajstić information content (AvgIpc) is 3.11. The van der Waals surface area contributed by atoms with Crippen molar-refractivity contribution in [2.24, 2.45) is 0 Å². The highest BCUT2D eigenvalue weighted by atomic mass is 32.2. The number of thiophene rings is 1. The van der Waals surface area contributed by atoms with E-state index in [-0.39, 0.29) is 0 Å². The normalized spacial score (nSPS) is 13.7. The predicted molar refractivity (Wildman–Crippen MR) is 89.0 cm³/mol. The Morgan fingerprint density at radius 3 is 3.00 bits per heavy atom. The Hall–Kier alpha value is -1.52. The van der Waals surface area contributed by atoms with Crippen LogP contribution < -0.4 is 0 Å². The summed E-state index contributed by atoms with van der Waals surface area (Å²) in [7, 11) is 0. The number of aryl methyl sites for hydroxylation is 2. The summed E-state index contributed by atoms with van der Waals surface area (Å²) in [6, 6.07) is 8.75. The Bertz CT molecular complexity index is 686. The van der Waals surface area contributed by atoms with Crippen molar-refractivity contribution in [2.75, 3.05) is 0 Å². The second kappa shape index (κ2) is 6.50. The van der Waals surface area contributed by atoms with Gasteiger partial charge >= 0.3 is 5.97 Å². The second-order valence-corrected chi connectivity index (χ2v) is 7.09. The molecule has 0 unspecified atom stereocenters. The van der Waals surface area contributed by atoms with Gasteiger partial charge < -0.3 is 5.11 Å². The molecule has 1 aromatic heterocycles. The fourth-order valence-corrected chi connectivity index (χ4v) is 4.52. The topological polar surface area (TPSA) is 37.3 Å². The number of thioether (sulfide) groups is 1. The quantitative estimate of drug-likeness (QED) is 0.645. The maximum atomic E-state index is 10.6. The van der Waals surface area contributed by atoms with Crippen molar-refractivity contribution in [3.05, 3.63) is 57.3 Å². The van der Waals surface area contributed by atoms with Crippen LogP contribution in [0, 0.1) is 0 Å². The molecule has 21 heavy (non-hydrogen) atoms. The molecule has 0 radical (unpaired) electrons. The Labute approximate surface area is 132 Å². The minimum absolute atomic E-state index is 0.885. The first-order valence-electron chi connectivity index (χ1n) is 6.94. The molecule has 1 aromatic carbocycles. The van der Waals surface area contributed by atoms with Crippen molar-refractivity contribution in [3.63, 3.8) is 0 Å². The van der Waals surface area contributed by atoms with Crippen molar-refractivity contribution in [1.29, 1.82) is 0 Å². The van der Waals surface area contributed by atoms with Crippen LogP contribution in [0.5, 0.6) is 0 Å². The number of hydrogen-bond donors (Lipinski definition) is 1. The Balaban J connectivity index is 1.68. The summed E-state index contributed by atoms with van der Waals surface area (Å²) in [5.74, 6) is -0.0196. The zero-order chi connectivity index (χ0) is 14.7. The van der Waals surface area contributed by atoms with Crippen LogP contribution in [-0.4, -0.2) is 11.1 Å². The van der Waals surface area contributed by atoms with Crippen LogP contribution in [0.1, 0.15) is 28.0 Å². The van der Waals surface area contributed by atoms with Crippen LogP contribution in [-0.2, 0) is 23.4 Å². The first kappa shape index (κ1) is 14.4. The van der Waals surface area contributed by atoms with E-state index in [9.17, 15) is 4.79 Å². The molecule has 0 aliphatic heterocycles. The van der Waals surface area contributed by atoms with Gasteiger partial charge in [0, 0.05) is 21.6 Å². The fourth-order valence-electron chi connectivity index (χ4n) is 2.56. The third kappa shape index (κ3) is 3.57. The number of carbonyl (C=O) groups is 1. The zero-order valence-corrected chi connectivity index (χ0v) is 13.2. The molecule has 3 rings (SSSR count). The Morgan fingerprint density at radius 1 is 1.29 bits per heavy atom. The van der Waals surface area contributed by atoms with Gasteiger partial charge in [-0.05, 0) is 65.6 Å². The van der Waals surface area contributed by atoms with Crippen LogP contribution in [0.15, 0.2) is 40.6 Å². The summed E-state index contributed by atoms with van der Waals surface area (Å²) >= 11 is 3.50. The summed E-state index contributed by atoms with van der Waals surface area (Å²) in [5, 5.41) is 10.7. The van der Waals surface area contributed by atoms with Crippen LogP contribution in [0.2, 0.25) is 0 Å². The summed E-state index contributed by atoms with van der Waals surface area (Å²) in [6.07, 6.45) is 6.58. The first-order chi connectivity index (χ1) is 10.2. The van der Waals surface area contributed by atoms with E-state index in [1.54, 1.807) is 17.4 Å². The molecule has 2 nitrogen and oxygen atoms in total. The Kier molecular flexibility index (Phi) is 4.46. The van der Waals surface area contributed by atoms with Gasteiger partial charge in [0.15, 0.2) is 0 Å².